The van der Waals surface area contributed by atoms with E-state index in [9.17, 15) is 0 Å². The minimum atomic E-state index is 0.554. The van der Waals surface area contributed by atoms with Gasteiger partial charge in [-0.2, -0.15) is 5.26 Å². The number of nitriles is 1. The van der Waals surface area contributed by atoms with Crippen LogP contribution in [0.15, 0.2) is 36.7 Å². The van der Waals surface area contributed by atoms with E-state index in [1.165, 1.54) is 0 Å². The average molecular weight is 240 g/mol. The van der Waals surface area contributed by atoms with Crippen LogP contribution in [-0.4, -0.2) is 19.2 Å². The van der Waals surface area contributed by atoms with Crippen molar-refractivity contribution in [2.45, 2.75) is 0 Å². The van der Waals surface area contributed by atoms with Crippen LogP contribution in [0.25, 0.3) is 11.1 Å². The molecule has 2 aromatic rings. The summed E-state index contributed by atoms with van der Waals surface area (Å²) in [5, 5.41) is 8.88. The maximum Gasteiger partial charge on any atom is 0.129 e. The van der Waals surface area contributed by atoms with Crippen molar-refractivity contribution in [2.24, 2.45) is 0 Å². The van der Waals surface area contributed by atoms with Crippen LogP contribution in [0.4, 0.5) is 0 Å². The van der Waals surface area contributed by atoms with Gasteiger partial charge in [0.2, 0.25) is 0 Å². The summed E-state index contributed by atoms with van der Waals surface area (Å²) in [7, 11) is 3.18. The molecular weight excluding hydrogens is 228 g/mol. The lowest BCUT2D eigenvalue weighted by molar-refractivity contribution is 0.410. The minimum absolute atomic E-state index is 0.554. The lowest BCUT2D eigenvalue weighted by atomic mass is 10.0. The number of methoxy groups -OCH3 is 2. The molecule has 4 nitrogen and oxygen atoms in total. The Morgan fingerprint density at radius 1 is 1.06 bits per heavy atom. The van der Waals surface area contributed by atoms with Crippen LogP contribution in [0.2, 0.25) is 0 Å². The zero-order chi connectivity index (χ0) is 13.0. The highest BCUT2D eigenvalue weighted by atomic mass is 16.5. The second kappa shape index (κ2) is 5.19. The molecule has 0 aliphatic heterocycles. The van der Waals surface area contributed by atoms with Crippen molar-refractivity contribution in [3.63, 3.8) is 0 Å². The predicted octanol–water partition coefficient (Wildman–Crippen LogP) is 2.64. The van der Waals surface area contributed by atoms with Crippen LogP contribution in [0, 0.1) is 11.3 Å². The molecule has 4 heteroatoms. The number of aromatic nitrogens is 1. The number of hydrogen-bond donors (Lipinski definition) is 0. The molecule has 1 aromatic carbocycles. The monoisotopic (exact) mass is 240 g/mol. The Labute approximate surface area is 105 Å². The van der Waals surface area contributed by atoms with Gasteiger partial charge in [0, 0.05) is 23.5 Å². The van der Waals surface area contributed by atoms with E-state index in [4.69, 9.17) is 14.7 Å². The number of nitrogens with zero attached hydrogens (tertiary/aromatic N) is 2. The van der Waals surface area contributed by atoms with Crippen molar-refractivity contribution in [3.05, 3.63) is 42.2 Å². The Balaban J connectivity index is 2.60. The third kappa shape index (κ3) is 2.11. The molecule has 0 N–H and O–H groups in total. The molecule has 90 valence electrons. The van der Waals surface area contributed by atoms with Gasteiger partial charge in [0.25, 0.3) is 0 Å². The third-order valence-electron chi connectivity index (χ3n) is 2.62. The van der Waals surface area contributed by atoms with Gasteiger partial charge in [0.15, 0.2) is 0 Å². The van der Waals surface area contributed by atoms with E-state index >= 15 is 0 Å². The summed E-state index contributed by atoms with van der Waals surface area (Å²) in [5.74, 6) is 1.34. The highest BCUT2D eigenvalue weighted by molar-refractivity contribution is 5.75. The smallest absolute Gasteiger partial charge is 0.129 e. The zero-order valence-electron chi connectivity index (χ0n) is 10.2. The van der Waals surface area contributed by atoms with Gasteiger partial charge in [0.1, 0.15) is 11.5 Å². The average Bonchev–Trinajstić information content (AvgIpc) is 2.46. The Hall–Kier alpha value is -2.54. The van der Waals surface area contributed by atoms with Crippen molar-refractivity contribution in [1.82, 2.24) is 4.98 Å². The fourth-order valence-electron chi connectivity index (χ4n) is 1.75. The standard InChI is InChI=1S/C14H12N2O2/c1-17-13-5-6-16-9-12(13)11-4-3-10(8-15)7-14(11)18-2/h3-7,9H,1-2H3. The molecule has 18 heavy (non-hydrogen) atoms. The van der Waals surface area contributed by atoms with E-state index in [2.05, 4.69) is 11.1 Å². The first-order valence-electron chi connectivity index (χ1n) is 5.36. The second-order valence-corrected chi connectivity index (χ2v) is 3.60. The predicted molar refractivity (Wildman–Crippen MR) is 67.5 cm³/mol. The quantitative estimate of drug-likeness (QED) is 0.827. The van der Waals surface area contributed by atoms with Gasteiger partial charge in [-0.3, -0.25) is 4.98 Å². The van der Waals surface area contributed by atoms with Crippen LogP contribution in [0.5, 0.6) is 11.5 Å². The third-order valence-corrected chi connectivity index (χ3v) is 2.62. The highest BCUT2D eigenvalue weighted by Gasteiger charge is 2.11. The summed E-state index contributed by atoms with van der Waals surface area (Å²) in [6.07, 6.45) is 3.38. The van der Waals surface area contributed by atoms with Crippen molar-refractivity contribution >= 4 is 0 Å². The van der Waals surface area contributed by atoms with E-state index in [1.54, 1.807) is 44.8 Å². The maximum absolute atomic E-state index is 8.88. The van der Waals surface area contributed by atoms with Gasteiger partial charge < -0.3 is 9.47 Å². The first kappa shape index (κ1) is 11.9. The summed E-state index contributed by atoms with van der Waals surface area (Å²) in [6, 6.07) is 9.13. The first-order valence-corrected chi connectivity index (χ1v) is 5.36. The number of benzene rings is 1. The van der Waals surface area contributed by atoms with E-state index in [0.717, 1.165) is 11.1 Å². The van der Waals surface area contributed by atoms with Gasteiger partial charge in [-0.1, -0.05) is 0 Å². The lowest BCUT2D eigenvalue weighted by Gasteiger charge is -2.11. The molecular formula is C14H12N2O2. The second-order valence-electron chi connectivity index (χ2n) is 3.60. The molecule has 0 saturated heterocycles. The summed E-state index contributed by atoms with van der Waals surface area (Å²) in [4.78, 5) is 4.09. The van der Waals surface area contributed by atoms with Crippen molar-refractivity contribution in [3.8, 4) is 28.7 Å². The van der Waals surface area contributed by atoms with Crippen molar-refractivity contribution in [2.75, 3.05) is 14.2 Å². The van der Waals surface area contributed by atoms with E-state index in [0.29, 0.717) is 17.1 Å². The molecule has 0 spiro atoms. The molecule has 0 bridgehead atoms. The molecule has 2 rings (SSSR count). The molecule has 1 heterocycles. The minimum Gasteiger partial charge on any atom is -0.496 e. The van der Waals surface area contributed by atoms with Crippen LogP contribution >= 0.6 is 0 Å². The summed E-state index contributed by atoms with van der Waals surface area (Å²) >= 11 is 0. The lowest BCUT2D eigenvalue weighted by Crippen LogP contribution is -1.93. The highest BCUT2D eigenvalue weighted by Crippen LogP contribution is 2.35. The van der Waals surface area contributed by atoms with E-state index < -0.39 is 0 Å². The Morgan fingerprint density at radius 2 is 1.83 bits per heavy atom. The molecule has 0 unspecified atom stereocenters. The number of hydrogen-bond acceptors (Lipinski definition) is 4. The van der Waals surface area contributed by atoms with E-state index in [-0.39, 0.29) is 0 Å². The van der Waals surface area contributed by atoms with Crippen LogP contribution in [0.3, 0.4) is 0 Å². The largest absolute Gasteiger partial charge is 0.496 e. The Morgan fingerprint density at radius 3 is 2.50 bits per heavy atom. The van der Waals surface area contributed by atoms with Gasteiger partial charge in [-0.15, -0.1) is 0 Å². The van der Waals surface area contributed by atoms with Crippen LogP contribution in [0.1, 0.15) is 5.56 Å². The molecule has 0 amide bonds. The number of rotatable bonds is 3. The fourth-order valence-corrected chi connectivity index (χ4v) is 1.75. The molecule has 1 aromatic heterocycles. The van der Waals surface area contributed by atoms with Crippen molar-refractivity contribution < 1.29 is 9.47 Å². The molecule has 0 aliphatic rings. The summed E-state index contributed by atoms with van der Waals surface area (Å²) in [6.45, 7) is 0. The van der Waals surface area contributed by atoms with Gasteiger partial charge in [0.05, 0.1) is 25.9 Å². The first-order chi connectivity index (χ1) is 8.80. The topological polar surface area (TPSA) is 55.1 Å². The van der Waals surface area contributed by atoms with Gasteiger partial charge >= 0.3 is 0 Å². The number of pyridine rings is 1. The van der Waals surface area contributed by atoms with Crippen molar-refractivity contribution in [1.29, 1.82) is 5.26 Å². The molecule has 0 radical (unpaired) electrons. The molecule has 0 fully saturated rings. The molecule has 0 atom stereocenters. The maximum atomic E-state index is 8.88. The van der Waals surface area contributed by atoms with Crippen LogP contribution in [-0.2, 0) is 0 Å². The van der Waals surface area contributed by atoms with Gasteiger partial charge in [-0.05, 0) is 24.3 Å². The SMILES string of the molecule is COc1cc(C#N)ccc1-c1cnccc1OC. The molecule has 0 aliphatic carbocycles. The fraction of sp³-hybridized carbons (Fsp3) is 0.143. The number of ether oxygens (including phenoxy) is 2. The Kier molecular flexibility index (Phi) is 3.44. The van der Waals surface area contributed by atoms with Gasteiger partial charge in [-0.25, -0.2) is 0 Å². The summed E-state index contributed by atoms with van der Waals surface area (Å²) in [5.41, 5.74) is 2.24. The van der Waals surface area contributed by atoms with Crippen LogP contribution < -0.4 is 9.47 Å². The zero-order valence-corrected chi connectivity index (χ0v) is 10.2. The Bertz CT molecular complexity index is 603. The summed E-state index contributed by atoms with van der Waals surface area (Å²) < 4.78 is 10.6. The van der Waals surface area contributed by atoms with E-state index in [1.807, 2.05) is 6.07 Å². The molecule has 0 saturated carbocycles. The normalized spacial score (nSPS) is 9.61.